The monoisotopic (exact) mass is 494 g/mol. The van der Waals surface area contributed by atoms with Crippen molar-refractivity contribution in [1.29, 1.82) is 0 Å². The molecular formula is C23H23BrN6S. The van der Waals surface area contributed by atoms with Crippen LogP contribution in [0.2, 0.25) is 0 Å². The number of benzene rings is 2. The molecule has 2 aromatic heterocycles. The molecule has 158 valence electrons. The van der Waals surface area contributed by atoms with Gasteiger partial charge in [0, 0.05) is 41.5 Å². The minimum absolute atomic E-state index is 0. The van der Waals surface area contributed by atoms with Crippen molar-refractivity contribution in [2.24, 2.45) is 10.2 Å². The Morgan fingerprint density at radius 1 is 0.903 bits per heavy atom. The number of anilines is 1. The molecule has 0 fully saturated rings. The molecule has 0 N–H and O–H groups in total. The predicted molar refractivity (Wildman–Crippen MR) is 120 cm³/mol. The first kappa shape index (κ1) is 22.7. The predicted octanol–water partition coefficient (Wildman–Crippen LogP) is 2.44. The Balaban J connectivity index is 0.00000272. The van der Waals surface area contributed by atoms with Gasteiger partial charge in [0.1, 0.15) is 0 Å². The van der Waals surface area contributed by atoms with Crippen LogP contribution in [0.3, 0.4) is 0 Å². The summed E-state index contributed by atoms with van der Waals surface area (Å²) in [5, 5.41) is 9.11. The van der Waals surface area contributed by atoms with E-state index in [2.05, 4.69) is 72.6 Å². The molecule has 2 aromatic carbocycles. The standard InChI is InChI=1S/C23H23N6S.BrH/c1-2-29(18-17-28-15-7-4-8-16-28)21-13-11-20(12-14-21)25-26-23-24-22(27-30-23)19-9-5-3-6-10-19;/h3-16H,2,17-18H2,1H3;1H/q+1;/p-1. The smallest absolute Gasteiger partial charge is 0.249 e. The zero-order chi connectivity index (χ0) is 20.6. The van der Waals surface area contributed by atoms with Gasteiger partial charge in [0.25, 0.3) is 0 Å². The number of halogens is 1. The van der Waals surface area contributed by atoms with Gasteiger partial charge in [-0.05, 0) is 31.2 Å². The second-order valence-electron chi connectivity index (χ2n) is 6.68. The van der Waals surface area contributed by atoms with E-state index < -0.39 is 0 Å². The minimum Gasteiger partial charge on any atom is -1.00 e. The van der Waals surface area contributed by atoms with Crippen LogP contribution < -0.4 is 26.4 Å². The number of nitrogens with zero attached hydrogens (tertiary/aromatic N) is 6. The van der Waals surface area contributed by atoms with Crippen molar-refractivity contribution in [3.8, 4) is 11.4 Å². The Labute approximate surface area is 196 Å². The number of pyridine rings is 1. The molecule has 4 rings (SSSR count). The number of hydrogen-bond donors (Lipinski definition) is 0. The van der Waals surface area contributed by atoms with Crippen molar-refractivity contribution < 1.29 is 21.5 Å². The van der Waals surface area contributed by atoms with E-state index in [1.807, 2.05) is 48.5 Å². The van der Waals surface area contributed by atoms with Crippen LogP contribution in [0.1, 0.15) is 6.92 Å². The maximum Gasteiger partial charge on any atom is 0.249 e. The van der Waals surface area contributed by atoms with Crippen molar-refractivity contribution >= 4 is 28.0 Å². The van der Waals surface area contributed by atoms with Gasteiger partial charge in [0.05, 0.1) is 12.2 Å². The van der Waals surface area contributed by atoms with Gasteiger partial charge >= 0.3 is 0 Å². The lowest BCUT2D eigenvalue weighted by Gasteiger charge is -2.21. The van der Waals surface area contributed by atoms with Crippen LogP contribution in [0.15, 0.2) is 95.4 Å². The van der Waals surface area contributed by atoms with E-state index >= 15 is 0 Å². The third-order valence-corrected chi connectivity index (χ3v) is 5.30. The van der Waals surface area contributed by atoms with Crippen LogP contribution in [-0.2, 0) is 6.54 Å². The Hall–Kier alpha value is -2.97. The van der Waals surface area contributed by atoms with Gasteiger partial charge in [0.15, 0.2) is 24.8 Å². The van der Waals surface area contributed by atoms with Crippen molar-refractivity contribution in [3.05, 3.63) is 85.2 Å². The Bertz CT molecular complexity index is 1080. The molecule has 6 nitrogen and oxygen atoms in total. The van der Waals surface area contributed by atoms with E-state index in [0.717, 1.165) is 30.9 Å². The molecule has 0 bridgehead atoms. The number of likely N-dealkylation sites (N-methyl/N-ethyl adjacent to an activating group) is 1. The zero-order valence-electron chi connectivity index (χ0n) is 17.2. The van der Waals surface area contributed by atoms with Gasteiger partial charge in [-0.1, -0.05) is 36.4 Å². The Morgan fingerprint density at radius 2 is 1.61 bits per heavy atom. The van der Waals surface area contributed by atoms with E-state index in [0.29, 0.717) is 11.0 Å². The fourth-order valence-electron chi connectivity index (χ4n) is 3.08. The normalized spacial score (nSPS) is 10.7. The number of rotatable bonds is 8. The minimum atomic E-state index is 0. The highest BCUT2D eigenvalue weighted by Crippen LogP contribution is 2.25. The molecule has 0 atom stereocenters. The van der Waals surface area contributed by atoms with E-state index in [1.165, 1.54) is 17.2 Å². The van der Waals surface area contributed by atoms with Crippen LogP contribution in [0.4, 0.5) is 16.5 Å². The highest BCUT2D eigenvalue weighted by atomic mass is 79.9. The molecule has 0 spiro atoms. The third kappa shape index (κ3) is 6.26. The molecule has 2 heterocycles. The molecule has 0 saturated carbocycles. The average molecular weight is 495 g/mol. The lowest BCUT2D eigenvalue weighted by molar-refractivity contribution is -0.694. The summed E-state index contributed by atoms with van der Waals surface area (Å²) in [6.07, 6.45) is 4.18. The van der Waals surface area contributed by atoms with Crippen molar-refractivity contribution in [2.75, 3.05) is 18.0 Å². The molecule has 8 heteroatoms. The summed E-state index contributed by atoms with van der Waals surface area (Å²) in [6.45, 7) is 5.00. The fourth-order valence-corrected chi connectivity index (χ4v) is 3.60. The Morgan fingerprint density at radius 3 is 2.32 bits per heavy atom. The third-order valence-electron chi connectivity index (χ3n) is 4.70. The molecule has 0 aliphatic heterocycles. The van der Waals surface area contributed by atoms with Gasteiger partial charge in [-0.2, -0.15) is 9.36 Å². The van der Waals surface area contributed by atoms with Gasteiger partial charge in [0.2, 0.25) is 5.13 Å². The first-order chi connectivity index (χ1) is 14.8. The molecule has 0 aliphatic rings. The summed E-state index contributed by atoms with van der Waals surface area (Å²) >= 11 is 1.25. The quantitative estimate of drug-likeness (QED) is 0.279. The van der Waals surface area contributed by atoms with Crippen LogP contribution >= 0.6 is 11.5 Å². The summed E-state index contributed by atoms with van der Waals surface area (Å²) < 4.78 is 6.55. The maximum absolute atomic E-state index is 4.44. The molecule has 0 aliphatic carbocycles. The SMILES string of the molecule is CCN(CC[n+]1ccccc1)c1ccc(N=Nc2nc(-c3ccccc3)ns2)cc1.[Br-]. The summed E-state index contributed by atoms with van der Waals surface area (Å²) in [5.74, 6) is 0.680. The zero-order valence-corrected chi connectivity index (χ0v) is 19.6. The number of aromatic nitrogens is 3. The van der Waals surface area contributed by atoms with E-state index in [-0.39, 0.29) is 17.0 Å². The van der Waals surface area contributed by atoms with E-state index in [9.17, 15) is 0 Å². The molecule has 4 aromatic rings. The van der Waals surface area contributed by atoms with Crippen LogP contribution in [-0.4, -0.2) is 22.4 Å². The van der Waals surface area contributed by atoms with E-state index in [4.69, 9.17) is 0 Å². The van der Waals surface area contributed by atoms with Crippen molar-refractivity contribution in [3.63, 3.8) is 0 Å². The maximum atomic E-state index is 4.44. The summed E-state index contributed by atoms with van der Waals surface area (Å²) in [4.78, 5) is 6.79. The lowest BCUT2D eigenvalue weighted by atomic mass is 10.2. The van der Waals surface area contributed by atoms with Gasteiger partial charge in [-0.3, -0.25) is 0 Å². The van der Waals surface area contributed by atoms with Crippen LogP contribution in [0.25, 0.3) is 11.4 Å². The highest BCUT2D eigenvalue weighted by Gasteiger charge is 2.08. The average Bonchev–Trinajstić information content (AvgIpc) is 3.29. The van der Waals surface area contributed by atoms with Crippen molar-refractivity contribution in [2.45, 2.75) is 13.5 Å². The second-order valence-corrected chi connectivity index (χ2v) is 7.41. The number of azo groups is 1. The largest absolute Gasteiger partial charge is 1.00 e. The molecule has 0 radical (unpaired) electrons. The summed E-state index contributed by atoms with van der Waals surface area (Å²) in [7, 11) is 0. The molecular weight excluding hydrogens is 472 g/mol. The lowest BCUT2D eigenvalue weighted by Crippen LogP contribution is -3.00. The molecule has 0 unspecified atom stereocenters. The fraction of sp³-hybridized carbons (Fsp3) is 0.174. The van der Waals surface area contributed by atoms with E-state index in [1.54, 1.807) is 0 Å². The van der Waals surface area contributed by atoms with Gasteiger partial charge < -0.3 is 21.9 Å². The topological polar surface area (TPSA) is 57.6 Å². The molecule has 0 saturated heterocycles. The Kier molecular flexibility index (Phi) is 8.37. The number of hydrogen-bond acceptors (Lipinski definition) is 6. The molecule has 0 amide bonds. The summed E-state index contributed by atoms with van der Waals surface area (Å²) in [5.41, 5.74) is 2.95. The second kappa shape index (κ2) is 11.4. The van der Waals surface area contributed by atoms with Crippen LogP contribution in [0, 0.1) is 0 Å². The van der Waals surface area contributed by atoms with Gasteiger partial charge in [-0.25, -0.2) is 4.57 Å². The van der Waals surface area contributed by atoms with Gasteiger partial charge in [-0.15, -0.1) is 10.2 Å². The first-order valence-corrected chi connectivity index (χ1v) is 10.7. The summed E-state index contributed by atoms with van der Waals surface area (Å²) in [6, 6.07) is 24.2. The van der Waals surface area contributed by atoms with Crippen molar-refractivity contribution in [1.82, 2.24) is 9.36 Å². The van der Waals surface area contributed by atoms with Crippen LogP contribution in [0.5, 0.6) is 0 Å². The highest BCUT2D eigenvalue weighted by molar-refractivity contribution is 7.09. The molecule has 31 heavy (non-hydrogen) atoms. The first-order valence-electron chi connectivity index (χ1n) is 9.92.